The van der Waals surface area contributed by atoms with Crippen LogP contribution in [0.4, 0.5) is 0 Å². The highest BCUT2D eigenvalue weighted by Crippen LogP contribution is 2.29. The van der Waals surface area contributed by atoms with Gasteiger partial charge in [0.15, 0.2) is 11.5 Å². The van der Waals surface area contributed by atoms with Gasteiger partial charge >= 0.3 is 0 Å². The van der Waals surface area contributed by atoms with Crippen LogP contribution in [0, 0.1) is 0 Å². The maximum Gasteiger partial charge on any atom is 0.161 e. The van der Waals surface area contributed by atoms with Crippen LogP contribution >= 0.6 is 0 Å². The van der Waals surface area contributed by atoms with Gasteiger partial charge in [0, 0.05) is 26.2 Å². The van der Waals surface area contributed by atoms with Crippen LogP contribution in [0.3, 0.4) is 0 Å². The summed E-state index contributed by atoms with van der Waals surface area (Å²) in [5, 5.41) is 9.36. The molecule has 0 unspecified atom stereocenters. The van der Waals surface area contributed by atoms with Crippen molar-refractivity contribution in [1.82, 2.24) is 9.80 Å². The van der Waals surface area contributed by atoms with Gasteiger partial charge in [-0.2, -0.15) is 0 Å². The van der Waals surface area contributed by atoms with Crippen LogP contribution in [0.2, 0.25) is 0 Å². The van der Waals surface area contributed by atoms with E-state index in [-0.39, 0.29) is 6.10 Å². The highest BCUT2D eigenvalue weighted by molar-refractivity contribution is 5.43. The highest BCUT2D eigenvalue weighted by Gasteiger charge is 2.24. The van der Waals surface area contributed by atoms with Crippen molar-refractivity contribution < 1.29 is 14.6 Å². The van der Waals surface area contributed by atoms with Crippen LogP contribution in [0.1, 0.15) is 24.8 Å². The lowest BCUT2D eigenvalue weighted by Gasteiger charge is -2.35. The van der Waals surface area contributed by atoms with E-state index < -0.39 is 0 Å². The van der Waals surface area contributed by atoms with Crippen LogP contribution in [0.5, 0.6) is 11.5 Å². The molecule has 0 spiro atoms. The number of likely N-dealkylation sites (tertiary alicyclic amines) is 2. The monoisotopic (exact) mass is 320 g/mol. The van der Waals surface area contributed by atoms with E-state index in [9.17, 15) is 5.11 Å². The summed E-state index contributed by atoms with van der Waals surface area (Å²) in [4.78, 5) is 4.69. The molecule has 2 saturated heterocycles. The van der Waals surface area contributed by atoms with Gasteiger partial charge in [-0.15, -0.1) is 0 Å². The molecule has 0 amide bonds. The molecule has 2 aliphatic heterocycles. The minimum absolute atomic E-state index is 0.158. The maximum absolute atomic E-state index is 9.36. The van der Waals surface area contributed by atoms with E-state index in [1.165, 1.54) is 37.9 Å². The molecule has 0 aromatic heterocycles. The number of benzene rings is 1. The summed E-state index contributed by atoms with van der Waals surface area (Å²) in [6.07, 6.45) is 3.82. The fourth-order valence-corrected chi connectivity index (χ4v) is 3.33. The topological polar surface area (TPSA) is 45.2 Å². The number of aliphatic hydroxyl groups excluding tert-OH is 1. The third-order valence-corrected chi connectivity index (χ3v) is 4.69. The predicted molar refractivity (Wildman–Crippen MR) is 90.1 cm³/mol. The first-order valence-corrected chi connectivity index (χ1v) is 8.67. The number of rotatable bonds is 7. The Bertz CT molecular complexity index is 497. The molecule has 2 heterocycles. The number of hydrogen-bond donors (Lipinski definition) is 1. The summed E-state index contributed by atoms with van der Waals surface area (Å²) in [6.45, 7) is 6.45. The quantitative estimate of drug-likeness (QED) is 0.829. The average Bonchev–Trinajstić information content (AvgIpc) is 2.55. The van der Waals surface area contributed by atoms with Crippen LogP contribution in [-0.2, 0) is 6.54 Å². The van der Waals surface area contributed by atoms with Crippen molar-refractivity contribution in [1.29, 1.82) is 0 Å². The summed E-state index contributed by atoms with van der Waals surface area (Å²) in [5.41, 5.74) is 1.19. The third kappa shape index (κ3) is 4.59. The molecule has 0 atom stereocenters. The van der Waals surface area contributed by atoms with Crippen molar-refractivity contribution in [2.75, 3.05) is 46.4 Å². The molecule has 3 rings (SSSR count). The van der Waals surface area contributed by atoms with Gasteiger partial charge in [0.05, 0.1) is 13.2 Å². The molecule has 23 heavy (non-hydrogen) atoms. The van der Waals surface area contributed by atoms with Crippen molar-refractivity contribution in [3.05, 3.63) is 23.8 Å². The Kier molecular flexibility index (Phi) is 5.75. The Morgan fingerprint density at radius 3 is 2.57 bits per heavy atom. The lowest BCUT2D eigenvalue weighted by atomic mass is 10.1. The summed E-state index contributed by atoms with van der Waals surface area (Å²) in [5.74, 6) is 1.61. The number of nitrogens with zero attached hydrogens (tertiary/aromatic N) is 2. The van der Waals surface area contributed by atoms with Gasteiger partial charge in [0.25, 0.3) is 0 Å². The van der Waals surface area contributed by atoms with E-state index >= 15 is 0 Å². The van der Waals surface area contributed by atoms with Crippen LogP contribution in [0.25, 0.3) is 0 Å². The van der Waals surface area contributed by atoms with Gasteiger partial charge in [-0.3, -0.25) is 9.80 Å². The molecular weight excluding hydrogens is 292 g/mol. The lowest BCUT2D eigenvalue weighted by Crippen LogP contribution is -2.49. The summed E-state index contributed by atoms with van der Waals surface area (Å²) in [6, 6.07) is 6.13. The number of hydrogen-bond acceptors (Lipinski definition) is 5. The predicted octanol–water partition coefficient (Wildman–Crippen LogP) is 1.74. The Balaban J connectivity index is 1.49. The molecule has 0 radical (unpaired) electrons. The second-order valence-electron chi connectivity index (χ2n) is 6.58. The molecule has 0 saturated carbocycles. The summed E-state index contributed by atoms with van der Waals surface area (Å²) < 4.78 is 11.4. The van der Waals surface area contributed by atoms with Crippen molar-refractivity contribution in [3.8, 4) is 11.5 Å². The number of piperidine rings is 1. The molecule has 1 N–H and O–H groups in total. The maximum atomic E-state index is 9.36. The highest BCUT2D eigenvalue weighted by atomic mass is 16.5. The molecule has 0 bridgehead atoms. The minimum atomic E-state index is -0.158. The minimum Gasteiger partial charge on any atom is -0.493 e. The van der Waals surface area contributed by atoms with Crippen molar-refractivity contribution >= 4 is 0 Å². The third-order valence-electron chi connectivity index (χ3n) is 4.69. The fraction of sp³-hybridized carbons (Fsp3) is 0.667. The van der Waals surface area contributed by atoms with E-state index in [0.717, 1.165) is 37.7 Å². The Hall–Kier alpha value is -1.30. The summed E-state index contributed by atoms with van der Waals surface area (Å²) >= 11 is 0. The SMILES string of the molecule is COc1cc(CN2CC(O)C2)ccc1OCCN1CCCCC1. The molecule has 5 heteroatoms. The molecule has 1 aromatic carbocycles. The van der Waals surface area contributed by atoms with Crippen molar-refractivity contribution in [2.45, 2.75) is 31.9 Å². The smallest absolute Gasteiger partial charge is 0.161 e. The van der Waals surface area contributed by atoms with Gasteiger partial charge in [0.2, 0.25) is 0 Å². The number of β-amino-alcohol motifs (C(OH)–C–C–N with tert-alkyl or cyclic N) is 1. The Morgan fingerprint density at radius 1 is 1.09 bits per heavy atom. The van der Waals surface area contributed by atoms with Crippen LogP contribution < -0.4 is 9.47 Å². The molecule has 5 nitrogen and oxygen atoms in total. The first-order valence-electron chi connectivity index (χ1n) is 8.67. The Labute approximate surface area is 138 Å². The number of ether oxygens (including phenoxy) is 2. The van der Waals surface area contributed by atoms with E-state index in [0.29, 0.717) is 6.61 Å². The van der Waals surface area contributed by atoms with Crippen molar-refractivity contribution in [3.63, 3.8) is 0 Å². The van der Waals surface area contributed by atoms with Crippen LogP contribution in [0.15, 0.2) is 18.2 Å². The van der Waals surface area contributed by atoms with Crippen LogP contribution in [-0.4, -0.2) is 67.5 Å². The van der Waals surface area contributed by atoms with Gasteiger partial charge < -0.3 is 14.6 Å². The van der Waals surface area contributed by atoms with Crippen molar-refractivity contribution in [2.24, 2.45) is 0 Å². The fourth-order valence-electron chi connectivity index (χ4n) is 3.33. The molecule has 128 valence electrons. The van der Waals surface area contributed by atoms with Gasteiger partial charge in [-0.25, -0.2) is 0 Å². The largest absolute Gasteiger partial charge is 0.493 e. The molecular formula is C18H28N2O3. The molecule has 2 aliphatic rings. The zero-order chi connectivity index (χ0) is 16.1. The summed E-state index contributed by atoms with van der Waals surface area (Å²) in [7, 11) is 1.68. The van der Waals surface area contributed by atoms with Gasteiger partial charge in [-0.1, -0.05) is 12.5 Å². The first kappa shape index (κ1) is 16.6. The molecule has 2 fully saturated rings. The van der Waals surface area contributed by atoms with E-state index in [4.69, 9.17) is 9.47 Å². The second-order valence-corrected chi connectivity index (χ2v) is 6.58. The molecule has 0 aliphatic carbocycles. The lowest BCUT2D eigenvalue weighted by molar-refractivity contribution is -0.00289. The normalized spacial score (nSPS) is 20.3. The zero-order valence-corrected chi connectivity index (χ0v) is 14.0. The van der Waals surface area contributed by atoms with E-state index in [1.807, 2.05) is 12.1 Å². The first-order chi connectivity index (χ1) is 11.2. The van der Waals surface area contributed by atoms with E-state index in [1.54, 1.807) is 7.11 Å². The Morgan fingerprint density at radius 2 is 1.87 bits per heavy atom. The van der Waals surface area contributed by atoms with Gasteiger partial charge in [0.1, 0.15) is 6.61 Å². The number of aliphatic hydroxyl groups is 1. The van der Waals surface area contributed by atoms with Gasteiger partial charge in [-0.05, 0) is 43.6 Å². The zero-order valence-electron chi connectivity index (χ0n) is 14.0. The standard InChI is InChI=1S/C18H28N2O3/c1-22-18-11-15(12-20-13-16(21)14-20)5-6-17(18)23-10-9-19-7-3-2-4-8-19/h5-6,11,16,21H,2-4,7-10,12-14H2,1H3. The van der Waals surface area contributed by atoms with E-state index in [2.05, 4.69) is 15.9 Å². The molecule has 1 aromatic rings. The average molecular weight is 320 g/mol. The number of methoxy groups -OCH3 is 1. The second kappa shape index (κ2) is 7.99.